The van der Waals surface area contributed by atoms with E-state index in [1.54, 1.807) is 0 Å². The van der Waals surface area contributed by atoms with Crippen LogP contribution in [0.1, 0.15) is 6.23 Å². The first-order valence-electron chi connectivity index (χ1n) is 7.80. The predicted molar refractivity (Wildman–Crippen MR) is 85.9 cm³/mol. The second kappa shape index (κ2) is 6.16. The summed E-state index contributed by atoms with van der Waals surface area (Å²) in [6, 6.07) is 9.12. The number of hydrogen-bond acceptors (Lipinski definition) is 6. The van der Waals surface area contributed by atoms with Crippen LogP contribution in [0.3, 0.4) is 0 Å². The van der Waals surface area contributed by atoms with Crippen molar-refractivity contribution in [2.45, 2.75) is 24.5 Å². The second-order valence-electron chi connectivity index (χ2n) is 5.90. The zero-order chi connectivity index (χ0) is 17.6. The van der Waals surface area contributed by atoms with E-state index in [2.05, 4.69) is 9.97 Å². The maximum Gasteiger partial charge on any atom is 0.164 e. The molecule has 0 radical (unpaired) electrons. The highest BCUT2D eigenvalue weighted by molar-refractivity contribution is 5.91. The second-order valence-corrected chi connectivity index (χ2v) is 5.90. The third-order valence-corrected chi connectivity index (χ3v) is 4.40. The zero-order valence-electron chi connectivity index (χ0n) is 13.0. The molecule has 2 aromatic heterocycles. The molecular weight excluding hydrogens is 329 g/mol. The summed E-state index contributed by atoms with van der Waals surface area (Å²) >= 11 is 0. The summed E-state index contributed by atoms with van der Waals surface area (Å²) in [5.74, 6) is -0.563. The molecule has 8 heteroatoms. The third kappa shape index (κ3) is 2.50. The van der Waals surface area contributed by atoms with Gasteiger partial charge in [-0.2, -0.15) is 0 Å². The summed E-state index contributed by atoms with van der Waals surface area (Å²) in [6.07, 6.45) is -2.13. The Balaban J connectivity index is 1.86. The fraction of sp³-hybridized carbons (Fsp3) is 0.294. The Bertz CT molecular complexity index is 902. The van der Waals surface area contributed by atoms with Crippen LogP contribution in [-0.2, 0) is 4.74 Å². The number of halogens is 1. The maximum atomic E-state index is 14.7. The Morgan fingerprint density at radius 2 is 1.88 bits per heavy atom. The number of aromatic nitrogens is 3. The van der Waals surface area contributed by atoms with Crippen molar-refractivity contribution in [1.82, 2.24) is 14.5 Å². The molecule has 130 valence electrons. The number of fused-ring (bicyclic) bond motifs is 1. The smallest absolute Gasteiger partial charge is 0.164 e. The van der Waals surface area contributed by atoms with Gasteiger partial charge in [0.2, 0.25) is 0 Å². The first-order valence-corrected chi connectivity index (χ1v) is 7.80. The molecule has 0 aliphatic carbocycles. The lowest BCUT2D eigenvalue weighted by Gasteiger charge is -2.17. The Morgan fingerprint density at radius 3 is 2.56 bits per heavy atom. The monoisotopic (exact) mass is 345 g/mol. The molecule has 0 bridgehead atoms. The lowest BCUT2D eigenvalue weighted by atomic mass is 10.1. The molecule has 3 aromatic rings. The van der Waals surface area contributed by atoms with E-state index in [9.17, 15) is 19.7 Å². The van der Waals surface area contributed by atoms with Crippen molar-refractivity contribution in [3.05, 3.63) is 48.7 Å². The molecule has 4 atom stereocenters. The van der Waals surface area contributed by atoms with E-state index >= 15 is 0 Å². The number of hydrogen-bond donors (Lipinski definition) is 3. The molecule has 25 heavy (non-hydrogen) atoms. The topological polar surface area (TPSA) is 101 Å². The molecule has 0 amide bonds. The minimum atomic E-state index is -1.32. The van der Waals surface area contributed by atoms with E-state index in [1.165, 1.54) is 10.9 Å². The minimum Gasteiger partial charge on any atom is -0.394 e. The van der Waals surface area contributed by atoms with Crippen molar-refractivity contribution in [2.24, 2.45) is 0 Å². The van der Waals surface area contributed by atoms with Crippen molar-refractivity contribution < 1.29 is 24.4 Å². The summed E-state index contributed by atoms with van der Waals surface area (Å²) in [5.41, 5.74) is 1.39. The Kier molecular flexibility index (Phi) is 3.97. The quantitative estimate of drug-likeness (QED) is 0.651. The lowest BCUT2D eigenvalue weighted by molar-refractivity contribution is -0.0510. The molecule has 3 N–H and O–H groups in total. The number of rotatable bonds is 3. The molecule has 0 spiro atoms. The number of ether oxygens (including phenoxy) is 1. The number of aliphatic hydroxyl groups excluding tert-OH is 3. The van der Waals surface area contributed by atoms with Gasteiger partial charge in [0, 0.05) is 11.8 Å². The standard InChI is InChI=1S/C17H16FN3O4/c18-10-6-21(17-15(24)14(23)11(7-22)25-17)16-12(10)13(19-8-20-16)9-4-2-1-3-5-9/h1-6,8,11,14-15,17,22-24H,7H2/t11-,14-,15-,17-/m1/s1. The number of aliphatic hydroxyl groups is 3. The SMILES string of the molecule is OC[C@H]1O[C@@H](n2cc(F)c3c(-c4ccccc4)ncnc32)[C@H](O)[C@@H]1O. The fourth-order valence-electron chi connectivity index (χ4n) is 3.16. The molecule has 4 rings (SSSR count). The van der Waals surface area contributed by atoms with Gasteiger partial charge in [-0.25, -0.2) is 14.4 Å². The van der Waals surface area contributed by atoms with E-state index in [1.807, 2.05) is 30.3 Å². The van der Waals surface area contributed by atoms with Crippen LogP contribution in [0.4, 0.5) is 4.39 Å². The van der Waals surface area contributed by atoms with E-state index < -0.39 is 37.0 Å². The molecule has 1 aliphatic heterocycles. The van der Waals surface area contributed by atoms with E-state index in [-0.39, 0.29) is 11.0 Å². The Morgan fingerprint density at radius 1 is 1.12 bits per heavy atom. The first-order chi connectivity index (χ1) is 12.1. The molecular formula is C17H16FN3O4. The molecule has 0 unspecified atom stereocenters. The average Bonchev–Trinajstić information content (AvgIpc) is 3.13. The van der Waals surface area contributed by atoms with Crippen molar-refractivity contribution in [3.63, 3.8) is 0 Å². The highest BCUT2D eigenvalue weighted by Gasteiger charge is 2.44. The van der Waals surface area contributed by atoms with Crippen LogP contribution in [0.15, 0.2) is 42.9 Å². The first kappa shape index (κ1) is 16.1. The normalized spacial score (nSPS) is 26.4. The van der Waals surface area contributed by atoms with Gasteiger partial charge in [-0.15, -0.1) is 0 Å². The fourth-order valence-corrected chi connectivity index (χ4v) is 3.16. The number of nitrogens with zero attached hydrogens (tertiary/aromatic N) is 3. The van der Waals surface area contributed by atoms with Gasteiger partial charge >= 0.3 is 0 Å². The summed E-state index contributed by atoms with van der Waals surface area (Å²) < 4.78 is 21.5. The molecule has 1 saturated heterocycles. The van der Waals surface area contributed by atoms with Crippen LogP contribution in [0.25, 0.3) is 22.3 Å². The van der Waals surface area contributed by atoms with E-state index in [4.69, 9.17) is 4.74 Å². The largest absolute Gasteiger partial charge is 0.394 e. The average molecular weight is 345 g/mol. The van der Waals surface area contributed by atoms with Gasteiger partial charge in [-0.1, -0.05) is 30.3 Å². The molecule has 3 heterocycles. The zero-order valence-corrected chi connectivity index (χ0v) is 13.0. The number of benzene rings is 1. The molecule has 1 fully saturated rings. The van der Waals surface area contributed by atoms with Crippen LogP contribution < -0.4 is 0 Å². The molecule has 1 aliphatic rings. The highest BCUT2D eigenvalue weighted by atomic mass is 19.1. The summed E-state index contributed by atoms with van der Waals surface area (Å²) in [6.45, 7) is -0.458. The summed E-state index contributed by atoms with van der Waals surface area (Å²) in [7, 11) is 0. The van der Waals surface area contributed by atoms with Gasteiger partial charge in [0.05, 0.1) is 17.7 Å². The third-order valence-electron chi connectivity index (χ3n) is 4.40. The van der Waals surface area contributed by atoms with Crippen LogP contribution in [0.2, 0.25) is 0 Å². The maximum absolute atomic E-state index is 14.7. The Hall–Kier alpha value is -2.39. The van der Waals surface area contributed by atoms with E-state index in [0.29, 0.717) is 5.69 Å². The van der Waals surface area contributed by atoms with Gasteiger partial charge in [0.1, 0.15) is 30.3 Å². The highest BCUT2D eigenvalue weighted by Crippen LogP contribution is 2.35. The molecule has 7 nitrogen and oxygen atoms in total. The minimum absolute atomic E-state index is 0.200. The van der Waals surface area contributed by atoms with Gasteiger partial charge in [-0.05, 0) is 0 Å². The van der Waals surface area contributed by atoms with Crippen molar-refractivity contribution >= 4 is 11.0 Å². The van der Waals surface area contributed by atoms with E-state index in [0.717, 1.165) is 11.8 Å². The summed E-state index contributed by atoms with van der Waals surface area (Å²) in [4.78, 5) is 8.31. The van der Waals surface area contributed by atoms with Crippen LogP contribution in [0.5, 0.6) is 0 Å². The van der Waals surface area contributed by atoms with Gasteiger partial charge < -0.3 is 24.6 Å². The molecule has 1 aromatic carbocycles. The lowest BCUT2D eigenvalue weighted by Crippen LogP contribution is -2.33. The summed E-state index contributed by atoms with van der Waals surface area (Å²) in [5, 5.41) is 29.5. The van der Waals surface area contributed by atoms with Gasteiger partial charge in [0.25, 0.3) is 0 Å². The predicted octanol–water partition coefficient (Wildman–Crippen LogP) is 0.849. The van der Waals surface area contributed by atoms with Gasteiger partial charge in [-0.3, -0.25) is 0 Å². The van der Waals surface area contributed by atoms with Gasteiger partial charge in [0.15, 0.2) is 12.0 Å². The Labute approximate surface area is 142 Å². The van der Waals surface area contributed by atoms with Crippen LogP contribution >= 0.6 is 0 Å². The van der Waals surface area contributed by atoms with Crippen molar-refractivity contribution in [2.75, 3.05) is 6.61 Å². The van der Waals surface area contributed by atoms with Crippen LogP contribution in [-0.4, -0.2) is 54.8 Å². The molecule has 0 saturated carbocycles. The van der Waals surface area contributed by atoms with Crippen molar-refractivity contribution in [1.29, 1.82) is 0 Å². The van der Waals surface area contributed by atoms with Crippen molar-refractivity contribution in [3.8, 4) is 11.3 Å². The van der Waals surface area contributed by atoms with Crippen LogP contribution in [0, 0.1) is 5.82 Å².